The van der Waals surface area contributed by atoms with E-state index in [1.54, 1.807) is 0 Å². The highest BCUT2D eigenvalue weighted by molar-refractivity contribution is 4.45. The highest BCUT2D eigenvalue weighted by atomic mass is 15.3. The first-order valence-electron chi connectivity index (χ1n) is 5.79. The minimum absolute atomic E-state index is 0.833. The molecule has 0 aliphatic carbocycles. The number of nitrogens with two attached hydrogens (primary N) is 1. The topological polar surface area (TPSA) is 26.0 Å². The average molecular weight is 187 g/mol. The Morgan fingerprint density at radius 3 is 1.38 bits per heavy atom. The molecule has 2 nitrogen and oxygen atoms in total. The van der Waals surface area contributed by atoms with Crippen LogP contribution in [-0.4, -0.2) is 37.2 Å². The third kappa shape index (κ3) is 4.63. The zero-order chi connectivity index (χ0) is 10.2. The van der Waals surface area contributed by atoms with Gasteiger partial charge in [0, 0.05) is 6.54 Å². The highest BCUT2D eigenvalue weighted by Gasteiger charge is 2.22. The van der Waals surface area contributed by atoms with Crippen molar-refractivity contribution < 1.29 is 4.48 Å². The second-order valence-electron chi connectivity index (χ2n) is 4.02. The van der Waals surface area contributed by atoms with E-state index in [2.05, 4.69) is 20.8 Å². The molecule has 0 radical (unpaired) electrons. The molecule has 2 N–H and O–H groups in total. The van der Waals surface area contributed by atoms with Crippen LogP contribution in [0.1, 0.15) is 40.0 Å². The van der Waals surface area contributed by atoms with Crippen LogP contribution >= 0.6 is 0 Å². The summed E-state index contributed by atoms with van der Waals surface area (Å²) in [6.07, 6.45) is 3.83. The second-order valence-corrected chi connectivity index (χ2v) is 4.02. The molecule has 0 saturated heterocycles. The fourth-order valence-corrected chi connectivity index (χ4v) is 2.37. The molecular formula is C11H27N2+. The molecular weight excluding hydrogens is 160 g/mol. The third-order valence-corrected chi connectivity index (χ3v) is 2.70. The van der Waals surface area contributed by atoms with Gasteiger partial charge in [-0.1, -0.05) is 20.8 Å². The molecule has 13 heavy (non-hydrogen) atoms. The summed E-state index contributed by atoms with van der Waals surface area (Å²) in [4.78, 5) is 0. The van der Waals surface area contributed by atoms with Gasteiger partial charge in [0.25, 0.3) is 0 Å². The van der Waals surface area contributed by atoms with E-state index >= 15 is 0 Å². The minimum atomic E-state index is 0.833. The number of rotatable bonds is 8. The van der Waals surface area contributed by atoms with Gasteiger partial charge < -0.3 is 10.2 Å². The molecule has 0 aromatic carbocycles. The van der Waals surface area contributed by atoms with Crippen LogP contribution in [0.3, 0.4) is 0 Å². The molecule has 0 spiro atoms. The van der Waals surface area contributed by atoms with Gasteiger partial charge in [-0.2, -0.15) is 0 Å². The van der Waals surface area contributed by atoms with Gasteiger partial charge in [-0.05, 0) is 19.3 Å². The molecule has 0 aromatic rings. The SMILES string of the molecule is CCC[N+](CCC)(CCC)CCN. The van der Waals surface area contributed by atoms with E-state index in [0.29, 0.717) is 0 Å². The lowest BCUT2D eigenvalue weighted by Gasteiger charge is -2.38. The summed E-state index contributed by atoms with van der Waals surface area (Å²) >= 11 is 0. The van der Waals surface area contributed by atoms with E-state index in [0.717, 1.165) is 13.1 Å². The van der Waals surface area contributed by atoms with Crippen LogP contribution in [0.2, 0.25) is 0 Å². The standard InChI is InChI=1S/C11H27N2/c1-4-8-13(9-5-2,10-6-3)11-7-12/h4-12H2,1-3H3/q+1. The Morgan fingerprint density at radius 2 is 1.15 bits per heavy atom. The summed E-state index contributed by atoms with van der Waals surface area (Å²) in [5.74, 6) is 0. The van der Waals surface area contributed by atoms with Gasteiger partial charge in [0.15, 0.2) is 0 Å². The summed E-state index contributed by atoms with van der Waals surface area (Å²) < 4.78 is 1.25. The van der Waals surface area contributed by atoms with Crippen molar-refractivity contribution in [2.24, 2.45) is 5.73 Å². The number of hydrogen-bond donors (Lipinski definition) is 1. The van der Waals surface area contributed by atoms with Crippen molar-refractivity contribution in [3.8, 4) is 0 Å². The van der Waals surface area contributed by atoms with E-state index in [1.807, 2.05) is 0 Å². The average Bonchev–Trinajstić information content (AvgIpc) is 2.06. The molecule has 0 unspecified atom stereocenters. The Morgan fingerprint density at radius 1 is 0.769 bits per heavy atom. The summed E-state index contributed by atoms with van der Waals surface area (Å²) in [7, 11) is 0. The number of hydrogen-bond acceptors (Lipinski definition) is 1. The minimum Gasteiger partial charge on any atom is -0.326 e. The molecule has 0 heterocycles. The number of quaternary nitrogens is 1. The van der Waals surface area contributed by atoms with Gasteiger partial charge in [0.1, 0.15) is 0 Å². The lowest BCUT2D eigenvalue weighted by molar-refractivity contribution is -0.927. The third-order valence-electron chi connectivity index (χ3n) is 2.70. The molecule has 0 saturated carbocycles. The van der Waals surface area contributed by atoms with Crippen molar-refractivity contribution in [3.63, 3.8) is 0 Å². The van der Waals surface area contributed by atoms with Crippen LogP contribution in [0.4, 0.5) is 0 Å². The molecule has 0 rings (SSSR count). The van der Waals surface area contributed by atoms with Crippen LogP contribution in [0, 0.1) is 0 Å². The molecule has 0 bridgehead atoms. The van der Waals surface area contributed by atoms with Crippen LogP contribution < -0.4 is 5.73 Å². The Labute approximate surface area is 83.7 Å². The maximum atomic E-state index is 5.69. The zero-order valence-corrected chi connectivity index (χ0v) is 9.68. The maximum absolute atomic E-state index is 5.69. The summed E-state index contributed by atoms with van der Waals surface area (Å²) in [5.41, 5.74) is 5.69. The van der Waals surface area contributed by atoms with Crippen molar-refractivity contribution in [3.05, 3.63) is 0 Å². The van der Waals surface area contributed by atoms with E-state index < -0.39 is 0 Å². The Bertz CT molecular complexity index is 83.1. The van der Waals surface area contributed by atoms with Gasteiger partial charge in [-0.25, -0.2) is 0 Å². The van der Waals surface area contributed by atoms with Gasteiger partial charge >= 0.3 is 0 Å². The maximum Gasteiger partial charge on any atom is 0.0911 e. The van der Waals surface area contributed by atoms with E-state index in [9.17, 15) is 0 Å². The van der Waals surface area contributed by atoms with E-state index in [1.165, 1.54) is 43.4 Å². The quantitative estimate of drug-likeness (QED) is 0.578. The van der Waals surface area contributed by atoms with Crippen molar-refractivity contribution in [1.29, 1.82) is 0 Å². The normalized spacial score (nSPS) is 12.0. The largest absolute Gasteiger partial charge is 0.326 e. The van der Waals surface area contributed by atoms with Gasteiger partial charge in [-0.15, -0.1) is 0 Å². The molecule has 0 fully saturated rings. The molecule has 80 valence electrons. The molecule has 0 atom stereocenters. The Kier molecular flexibility index (Phi) is 7.29. The summed E-state index contributed by atoms with van der Waals surface area (Å²) in [6, 6.07) is 0. The fourth-order valence-electron chi connectivity index (χ4n) is 2.37. The highest BCUT2D eigenvalue weighted by Crippen LogP contribution is 2.10. The fraction of sp³-hybridized carbons (Fsp3) is 1.00. The Hall–Kier alpha value is -0.0800. The van der Waals surface area contributed by atoms with Crippen molar-refractivity contribution in [2.75, 3.05) is 32.7 Å². The summed E-state index contributed by atoms with van der Waals surface area (Å²) in [5, 5.41) is 0. The number of nitrogens with zero attached hydrogens (tertiary/aromatic N) is 1. The first kappa shape index (κ1) is 12.9. The lowest BCUT2D eigenvalue weighted by Crippen LogP contribution is -2.52. The Balaban J connectivity index is 4.19. The molecule has 0 aliphatic heterocycles. The van der Waals surface area contributed by atoms with Crippen molar-refractivity contribution in [1.82, 2.24) is 0 Å². The molecule has 0 aliphatic rings. The smallest absolute Gasteiger partial charge is 0.0911 e. The van der Waals surface area contributed by atoms with Crippen LogP contribution in [-0.2, 0) is 0 Å². The van der Waals surface area contributed by atoms with E-state index in [-0.39, 0.29) is 0 Å². The van der Waals surface area contributed by atoms with Gasteiger partial charge in [0.05, 0.1) is 26.2 Å². The molecule has 0 aromatic heterocycles. The second kappa shape index (κ2) is 7.34. The molecule has 2 heteroatoms. The van der Waals surface area contributed by atoms with Gasteiger partial charge in [0.2, 0.25) is 0 Å². The van der Waals surface area contributed by atoms with E-state index in [4.69, 9.17) is 5.73 Å². The van der Waals surface area contributed by atoms with Crippen molar-refractivity contribution in [2.45, 2.75) is 40.0 Å². The first-order valence-corrected chi connectivity index (χ1v) is 5.79. The monoisotopic (exact) mass is 187 g/mol. The zero-order valence-electron chi connectivity index (χ0n) is 9.68. The first-order chi connectivity index (χ1) is 6.24. The lowest BCUT2D eigenvalue weighted by atomic mass is 10.2. The van der Waals surface area contributed by atoms with Crippen molar-refractivity contribution >= 4 is 0 Å². The predicted octanol–water partition coefficient (Wildman–Crippen LogP) is 1.99. The van der Waals surface area contributed by atoms with Gasteiger partial charge in [-0.3, -0.25) is 0 Å². The van der Waals surface area contributed by atoms with Crippen LogP contribution in [0.15, 0.2) is 0 Å². The molecule has 0 amide bonds. The van der Waals surface area contributed by atoms with Crippen LogP contribution in [0.25, 0.3) is 0 Å². The predicted molar refractivity (Wildman–Crippen MR) is 59.7 cm³/mol. The van der Waals surface area contributed by atoms with Crippen LogP contribution in [0.5, 0.6) is 0 Å². The summed E-state index contributed by atoms with van der Waals surface area (Å²) in [6.45, 7) is 12.7.